The lowest BCUT2D eigenvalue weighted by Crippen LogP contribution is -2.46. The fourth-order valence-electron chi connectivity index (χ4n) is 1.66. The molecule has 2 rings (SSSR count). The highest BCUT2D eigenvalue weighted by atomic mass is 79.9. The first-order valence-electron chi connectivity index (χ1n) is 5.04. The van der Waals surface area contributed by atoms with Gasteiger partial charge < -0.3 is 5.11 Å². The van der Waals surface area contributed by atoms with E-state index in [4.69, 9.17) is 16.7 Å². The lowest BCUT2D eigenvalue weighted by atomic mass is 9.91. The number of benzene rings is 1. The van der Waals surface area contributed by atoms with Crippen LogP contribution in [-0.4, -0.2) is 25.7 Å². The van der Waals surface area contributed by atoms with E-state index < -0.39 is 16.1 Å². The van der Waals surface area contributed by atoms with E-state index in [0.29, 0.717) is 12.8 Å². The Bertz CT molecular complexity index is 528. The molecular formula is C10H11BrClNO3S. The van der Waals surface area contributed by atoms with Crippen LogP contribution in [0.5, 0.6) is 0 Å². The van der Waals surface area contributed by atoms with Gasteiger partial charge in [0.15, 0.2) is 0 Å². The average molecular weight is 341 g/mol. The van der Waals surface area contributed by atoms with Crippen molar-refractivity contribution in [2.75, 3.05) is 0 Å². The second-order valence-electron chi connectivity index (χ2n) is 4.02. The van der Waals surface area contributed by atoms with Crippen LogP contribution in [0.4, 0.5) is 0 Å². The molecule has 0 atom stereocenters. The molecule has 4 nitrogen and oxygen atoms in total. The lowest BCUT2D eigenvalue weighted by molar-refractivity contribution is 0.0712. The Hall–Kier alpha value is -0.140. The molecule has 1 aliphatic rings. The second kappa shape index (κ2) is 4.85. The van der Waals surface area contributed by atoms with Gasteiger partial charge in [-0.3, -0.25) is 0 Å². The Kier molecular flexibility index (Phi) is 3.80. The second-order valence-corrected chi connectivity index (χ2v) is 7.02. The van der Waals surface area contributed by atoms with Crippen molar-refractivity contribution in [1.82, 2.24) is 4.72 Å². The van der Waals surface area contributed by atoms with Crippen molar-refractivity contribution in [2.45, 2.75) is 29.9 Å². The first-order chi connectivity index (χ1) is 7.88. The third kappa shape index (κ3) is 3.00. The molecular weight excluding hydrogens is 330 g/mol. The number of nitrogens with one attached hydrogen (secondary N) is 1. The molecule has 1 fully saturated rings. The molecule has 0 radical (unpaired) electrons. The Morgan fingerprint density at radius 3 is 2.59 bits per heavy atom. The van der Waals surface area contributed by atoms with Crippen molar-refractivity contribution in [3.63, 3.8) is 0 Å². The van der Waals surface area contributed by atoms with Crippen molar-refractivity contribution in [3.05, 3.63) is 27.7 Å². The molecule has 0 spiro atoms. The van der Waals surface area contributed by atoms with E-state index in [2.05, 4.69) is 20.7 Å². The van der Waals surface area contributed by atoms with Gasteiger partial charge in [0.05, 0.1) is 11.1 Å². The van der Waals surface area contributed by atoms with Gasteiger partial charge in [-0.05, 0) is 31.0 Å². The average Bonchev–Trinajstić information content (AvgIpc) is 2.14. The number of hydrogen-bond acceptors (Lipinski definition) is 3. The minimum absolute atomic E-state index is 0.0590. The number of sulfonamides is 1. The number of rotatable bonds is 3. The molecule has 7 heteroatoms. The van der Waals surface area contributed by atoms with Crippen molar-refractivity contribution < 1.29 is 13.5 Å². The molecule has 1 saturated carbocycles. The Morgan fingerprint density at radius 1 is 1.41 bits per heavy atom. The van der Waals surface area contributed by atoms with E-state index in [0.717, 1.165) is 4.47 Å². The summed E-state index contributed by atoms with van der Waals surface area (Å²) in [5.74, 6) is 0. The fourth-order valence-corrected chi connectivity index (χ4v) is 3.96. The van der Waals surface area contributed by atoms with E-state index in [1.54, 1.807) is 6.07 Å². The van der Waals surface area contributed by atoms with Gasteiger partial charge in [-0.25, -0.2) is 13.1 Å². The summed E-state index contributed by atoms with van der Waals surface area (Å²) in [5.41, 5.74) is 0. The standard InChI is InChI=1S/C10H11BrClNO3S/c11-6-1-2-10(9(12)3-6)17(15,16)13-7-4-8(14)5-7/h1-3,7-8,13-14H,4-5H2. The largest absolute Gasteiger partial charge is 0.393 e. The van der Waals surface area contributed by atoms with Crippen LogP contribution in [0.1, 0.15) is 12.8 Å². The van der Waals surface area contributed by atoms with Gasteiger partial charge in [-0.2, -0.15) is 0 Å². The summed E-state index contributed by atoms with van der Waals surface area (Å²) in [6.07, 6.45) is 0.504. The fraction of sp³-hybridized carbons (Fsp3) is 0.400. The lowest BCUT2D eigenvalue weighted by Gasteiger charge is -2.31. The summed E-state index contributed by atoms with van der Waals surface area (Å²) >= 11 is 9.10. The molecule has 0 heterocycles. The number of halogens is 2. The van der Waals surface area contributed by atoms with Crippen LogP contribution in [0, 0.1) is 0 Å². The van der Waals surface area contributed by atoms with Crippen LogP contribution >= 0.6 is 27.5 Å². The zero-order valence-corrected chi connectivity index (χ0v) is 11.9. The molecule has 17 heavy (non-hydrogen) atoms. The van der Waals surface area contributed by atoms with Gasteiger partial charge in [-0.1, -0.05) is 27.5 Å². The van der Waals surface area contributed by atoms with E-state index >= 15 is 0 Å². The SMILES string of the molecule is O=S(=O)(NC1CC(O)C1)c1ccc(Br)cc1Cl. The summed E-state index contributed by atoms with van der Waals surface area (Å²) in [5, 5.41) is 9.28. The molecule has 0 aromatic heterocycles. The van der Waals surface area contributed by atoms with E-state index in [-0.39, 0.29) is 16.0 Å². The molecule has 1 aromatic rings. The number of aliphatic hydroxyl groups is 1. The molecule has 2 N–H and O–H groups in total. The van der Waals surface area contributed by atoms with Crippen LogP contribution in [0.2, 0.25) is 5.02 Å². The third-order valence-corrected chi connectivity index (χ3v) is 5.12. The van der Waals surface area contributed by atoms with Crippen molar-refractivity contribution >= 4 is 37.6 Å². The normalized spacial score (nSPS) is 24.4. The first kappa shape index (κ1) is 13.3. The third-order valence-electron chi connectivity index (χ3n) is 2.62. The quantitative estimate of drug-likeness (QED) is 0.883. The van der Waals surface area contributed by atoms with E-state index in [1.165, 1.54) is 12.1 Å². The first-order valence-corrected chi connectivity index (χ1v) is 7.69. The molecule has 0 amide bonds. The number of aliphatic hydroxyl groups excluding tert-OH is 1. The zero-order valence-electron chi connectivity index (χ0n) is 8.73. The molecule has 0 aliphatic heterocycles. The maximum atomic E-state index is 12.0. The van der Waals surface area contributed by atoms with Crippen molar-refractivity contribution in [3.8, 4) is 0 Å². The molecule has 94 valence electrons. The summed E-state index contributed by atoms with van der Waals surface area (Å²) < 4.78 is 27.2. The molecule has 1 aromatic carbocycles. The predicted octanol–water partition coefficient (Wildman–Crippen LogP) is 1.90. The summed E-state index contributed by atoms with van der Waals surface area (Å²) in [7, 11) is -3.61. The minimum atomic E-state index is -3.61. The van der Waals surface area contributed by atoms with Crippen LogP contribution in [0.25, 0.3) is 0 Å². The summed E-state index contributed by atoms with van der Waals surface area (Å²) in [6.45, 7) is 0. The maximum absolute atomic E-state index is 12.0. The highest BCUT2D eigenvalue weighted by Crippen LogP contribution is 2.27. The summed E-state index contributed by atoms with van der Waals surface area (Å²) in [4.78, 5) is 0.0590. The van der Waals surface area contributed by atoms with Gasteiger partial charge in [0.25, 0.3) is 0 Å². The Morgan fingerprint density at radius 2 is 2.06 bits per heavy atom. The zero-order chi connectivity index (χ0) is 12.6. The van der Waals surface area contributed by atoms with Crippen molar-refractivity contribution in [1.29, 1.82) is 0 Å². The Balaban J connectivity index is 2.20. The van der Waals surface area contributed by atoms with Crippen LogP contribution in [-0.2, 0) is 10.0 Å². The highest BCUT2D eigenvalue weighted by molar-refractivity contribution is 9.10. The van der Waals surface area contributed by atoms with Gasteiger partial charge in [0.1, 0.15) is 4.90 Å². The number of hydrogen-bond donors (Lipinski definition) is 2. The molecule has 0 saturated heterocycles. The molecule has 0 unspecified atom stereocenters. The topological polar surface area (TPSA) is 66.4 Å². The van der Waals surface area contributed by atoms with Crippen LogP contribution in [0.3, 0.4) is 0 Å². The summed E-state index contributed by atoms with van der Waals surface area (Å²) in [6, 6.07) is 4.40. The molecule has 1 aliphatic carbocycles. The predicted molar refractivity (Wildman–Crippen MR) is 68.5 cm³/mol. The van der Waals surface area contributed by atoms with Gasteiger partial charge in [0.2, 0.25) is 10.0 Å². The highest BCUT2D eigenvalue weighted by Gasteiger charge is 2.31. The smallest absolute Gasteiger partial charge is 0.242 e. The minimum Gasteiger partial charge on any atom is -0.393 e. The van der Waals surface area contributed by atoms with E-state index in [1.807, 2.05) is 0 Å². The Labute approximate surface area is 113 Å². The van der Waals surface area contributed by atoms with Crippen LogP contribution < -0.4 is 4.72 Å². The monoisotopic (exact) mass is 339 g/mol. The van der Waals surface area contributed by atoms with Crippen LogP contribution in [0.15, 0.2) is 27.6 Å². The van der Waals surface area contributed by atoms with Gasteiger partial charge in [-0.15, -0.1) is 0 Å². The molecule has 0 bridgehead atoms. The van der Waals surface area contributed by atoms with Gasteiger partial charge >= 0.3 is 0 Å². The van der Waals surface area contributed by atoms with Crippen molar-refractivity contribution in [2.24, 2.45) is 0 Å². The maximum Gasteiger partial charge on any atom is 0.242 e. The van der Waals surface area contributed by atoms with Gasteiger partial charge in [0, 0.05) is 10.5 Å². The van der Waals surface area contributed by atoms with E-state index in [9.17, 15) is 8.42 Å².